The summed E-state index contributed by atoms with van der Waals surface area (Å²) in [7, 11) is -3.54. The molecule has 0 bridgehead atoms. The lowest BCUT2D eigenvalue weighted by Gasteiger charge is -2.20. The third-order valence-corrected chi connectivity index (χ3v) is 5.88. The predicted molar refractivity (Wildman–Crippen MR) is 109 cm³/mol. The van der Waals surface area contributed by atoms with E-state index in [4.69, 9.17) is 0 Å². The number of aryl methyl sites for hydroxylation is 3. The highest BCUT2D eigenvalue weighted by Crippen LogP contribution is 2.16. The van der Waals surface area contributed by atoms with Crippen LogP contribution in [0.5, 0.6) is 0 Å². The molecule has 5 nitrogen and oxygen atoms in total. The van der Waals surface area contributed by atoms with E-state index in [0.29, 0.717) is 12.8 Å². The Morgan fingerprint density at radius 1 is 0.963 bits per heavy atom. The fourth-order valence-corrected chi connectivity index (χ4v) is 4.02. The molecule has 6 heteroatoms. The number of hydrogen-bond acceptors (Lipinski definition) is 3. The second-order valence-electron chi connectivity index (χ2n) is 7.85. The molecular weight excluding hydrogens is 360 g/mol. The third kappa shape index (κ3) is 6.48. The van der Waals surface area contributed by atoms with Crippen LogP contribution in [0.1, 0.15) is 43.9 Å². The van der Waals surface area contributed by atoms with Crippen LogP contribution in [0.25, 0.3) is 0 Å². The first-order chi connectivity index (χ1) is 12.5. The van der Waals surface area contributed by atoms with Crippen LogP contribution in [0, 0.1) is 13.8 Å². The molecule has 27 heavy (non-hydrogen) atoms. The highest BCUT2D eigenvalue weighted by Gasteiger charge is 2.21. The third-order valence-electron chi connectivity index (χ3n) is 4.11. The van der Waals surface area contributed by atoms with Gasteiger partial charge in [0.2, 0.25) is 15.9 Å². The van der Waals surface area contributed by atoms with E-state index in [1.165, 1.54) is 5.56 Å². The van der Waals surface area contributed by atoms with Crippen LogP contribution >= 0.6 is 0 Å². The fraction of sp³-hybridized carbons (Fsp3) is 0.381. The smallest absolute Gasteiger partial charge is 0.241 e. The molecule has 0 aliphatic carbocycles. The quantitative estimate of drug-likeness (QED) is 0.787. The molecule has 0 saturated heterocycles. The molecule has 2 aromatic carbocycles. The maximum Gasteiger partial charge on any atom is 0.241 e. The van der Waals surface area contributed by atoms with Gasteiger partial charge in [-0.3, -0.25) is 4.79 Å². The molecule has 0 heterocycles. The Bertz CT molecular complexity index is 911. The van der Waals surface area contributed by atoms with E-state index >= 15 is 0 Å². The van der Waals surface area contributed by atoms with Gasteiger partial charge in [-0.15, -0.1) is 0 Å². The number of anilines is 1. The maximum absolute atomic E-state index is 12.3. The van der Waals surface area contributed by atoms with Crippen molar-refractivity contribution in [2.24, 2.45) is 0 Å². The van der Waals surface area contributed by atoms with E-state index in [1.807, 2.05) is 32.0 Å². The van der Waals surface area contributed by atoms with Crippen molar-refractivity contribution in [2.75, 3.05) is 5.32 Å². The molecule has 1 amide bonds. The van der Waals surface area contributed by atoms with E-state index in [2.05, 4.69) is 10.0 Å². The van der Waals surface area contributed by atoms with Crippen LogP contribution in [-0.2, 0) is 21.2 Å². The summed E-state index contributed by atoms with van der Waals surface area (Å²) in [5.41, 5.74) is 3.49. The largest absolute Gasteiger partial charge is 0.326 e. The van der Waals surface area contributed by atoms with Gasteiger partial charge in [-0.25, -0.2) is 13.1 Å². The van der Waals surface area contributed by atoms with Gasteiger partial charge in [0.15, 0.2) is 0 Å². The second kappa shape index (κ2) is 8.23. The van der Waals surface area contributed by atoms with Gasteiger partial charge in [0, 0.05) is 17.6 Å². The van der Waals surface area contributed by atoms with Crippen LogP contribution in [-0.4, -0.2) is 19.9 Å². The maximum atomic E-state index is 12.3. The summed E-state index contributed by atoms with van der Waals surface area (Å²) in [4.78, 5) is 12.4. The summed E-state index contributed by atoms with van der Waals surface area (Å²) in [6, 6.07) is 12.5. The van der Waals surface area contributed by atoms with Gasteiger partial charge in [0.25, 0.3) is 0 Å². The first-order valence-corrected chi connectivity index (χ1v) is 10.4. The monoisotopic (exact) mass is 388 g/mol. The summed E-state index contributed by atoms with van der Waals surface area (Å²) in [5, 5.41) is 2.90. The Balaban J connectivity index is 1.94. The van der Waals surface area contributed by atoms with Gasteiger partial charge in [-0.1, -0.05) is 18.2 Å². The molecule has 0 unspecified atom stereocenters. The SMILES string of the molecule is Cc1ccc(NC(=O)CCc2ccc(S(=O)(=O)NC(C)(C)C)cc2)cc1C. The average molecular weight is 389 g/mol. The van der Waals surface area contributed by atoms with Gasteiger partial charge in [0.1, 0.15) is 0 Å². The van der Waals surface area contributed by atoms with E-state index in [9.17, 15) is 13.2 Å². The summed E-state index contributed by atoms with van der Waals surface area (Å²) < 4.78 is 27.2. The lowest BCUT2D eigenvalue weighted by Crippen LogP contribution is -2.40. The summed E-state index contributed by atoms with van der Waals surface area (Å²) in [6.45, 7) is 9.43. The Kier molecular flexibility index (Phi) is 6.44. The molecule has 0 radical (unpaired) electrons. The molecule has 0 atom stereocenters. The topological polar surface area (TPSA) is 75.3 Å². The van der Waals surface area contributed by atoms with Crippen LogP contribution in [0.3, 0.4) is 0 Å². The minimum Gasteiger partial charge on any atom is -0.326 e. The van der Waals surface area contributed by atoms with Crippen LogP contribution in [0.15, 0.2) is 47.4 Å². The van der Waals surface area contributed by atoms with Crippen molar-refractivity contribution in [3.05, 3.63) is 59.2 Å². The Hall–Kier alpha value is -2.18. The van der Waals surface area contributed by atoms with Crippen molar-refractivity contribution in [3.8, 4) is 0 Å². The van der Waals surface area contributed by atoms with Crippen molar-refractivity contribution in [2.45, 2.75) is 57.9 Å². The fourth-order valence-electron chi connectivity index (χ4n) is 2.60. The first-order valence-electron chi connectivity index (χ1n) is 8.96. The van der Waals surface area contributed by atoms with Crippen molar-refractivity contribution >= 4 is 21.6 Å². The minimum atomic E-state index is -3.54. The first kappa shape index (κ1) is 21.1. The molecular formula is C21H28N2O3S. The van der Waals surface area contributed by atoms with Crippen LogP contribution in [0.4, 0.5) is 5.69 Å². The molecule has 146 valence electrons. The van der Waals surface area contributed by atoms with Crippen molar-refractivity contribution in [1.29, 1.82) is 0 Å². The molecule has 0 aromatic heterocycles. The molecule has 2 N–H and O–H groups in total. The van der Waals surface area contributed by atoms with E-state index < -0.39 is 15.6 Å². The lowest BCUT2D eigenvalue weighted by atomic mass is 10.1. The van der Waals surface area contributed by atoms with Crippen LogP contribution in [0.2, 0.25) is 0 Å². The predicted octanol–water partition coefficient (Wildman–Crippen LogP) is 3.95. The van der Waals surface area contributed by atoms with Crippen molar-refractivity contribution in [3.63, 3.8) is 0 Å². The molecule has 0 aliphatic rings. The van der Waals surface area contributed by atoms with Gasteiger partial charge in [-0.2, -0.15) is 0 Å². The molecule has 0 spiro atoms. The van der Waals surface area contributed by atoms with Gasteiger partial charge >= 0.3 is 0 Å². The highest BCUT2D eigenvalue weighted by molar-refractivity contribution is 7.89. The number of carbonyl (C=O) groups is 1. The van der Waals surface area contributed by atoms with E-state index in [-0.39, 0.29) is 10.8 Å². The zero-order valence-corrected chi connectivity index (χ0v) is 17.4. The molecule has 2 aromatic rings. The second-order valence-corrected chi connectivity index (χ2v) is 9.53. The summed E-state index contributed by atoms with van der Waals surface area (Å²) in [5.74, 6) is -0.0654. The van der Waals surface area contributed by atoms with Gasteiger partial charge in [0.05, 0.1) is 4.90 Å². The number of carbonyl (C=O) groups excluding carboxylic acids is 1. The van der Waals surface area contributed by atoms with Crippen molar-refractivity contribution in [1.82, 2.24) is 4.72 Å². The number of sulfonamides is 1. The molecule has 0 fully saturated rings. The number of nitrogens with one attached hydrogen (secondary N) is 2. The molecule has 0 saturated carbocycles. The van der Waals surface area contributed by atoms with Gasteiger partial charge in [-0.05, 0) is 82.0 Å². The average Bonchev–Trinajstić information content (AvgIpc) is 2.55. The lowest BCUT2D eigenvalue weighted by molar-refractivity contribution is -0.116. The Labute approximate surface area is 162 Å². The Morgan fingerprint density at radius 3 is 2.15 bits per heavy atom. The zero-order chi connectivity index (χ0) is 20.2. The Morgan fingerprint density at radius 2 is 1.59 bits per heavy atom. The summed E-state index contributed by atoms with van der Waals surface area (Å²) in [6.07, 6.45) is 0.878. The van der Waals surface area contributed by atoms with E-state index in [1.54, 1.807) is 45.0 Å². The van der Waals surface area contributed by atoms with Crippen molar-refractivity contribution < 1.29 is 13.2 Å². The number of amides is 1. The number of hydrogen-bond donors (Lipinski definition) is 2. The highest BCUT2D eigenvalue weighted by atomic mass is 32.2. The van der Waals surface area contributed by atoms with E-state index in [0.717, 1.165) is 16.8 Å². The normalized spacial score (nSPS) is 12.0. The number of benzene rings is 2. The minimum absolute atomic E-state index is 0.0654. The standard InChI is InChI=1S/C21H28N2O3S/c1-15-6-10-18(14-16(15)2)22-20(24)13-9-17-7-11-19(12-8-17)27(25,26)23-21(3,4)5/h6-8,10-12,14,23H,9,13H2,1-5H3,(H,22,24). The van der Waals surface area contributed by atoms with Crippen LogP contribution < -0.4 is 10.0 Å². The van der Waals surface area contributed by atoms with Gasteiger partial charge < -0.3 is 5.32 Å². The molecule has 0 aliphatic heterocycles. The summed E-state index contributed by atoms with van der Waals surface area (Å²) >= 11 is 0. The zero-order valence-electron chi connectivity index (χ0n) is 16.6. The number of rotatable bonds is 6. The molecule has 2 rings (SSSR count).